The quantitative estimate of drug-likeness (QED) is 0.832. The van der Waals surface area contributed by atoms with E-state index in [1.165, 1.54) is 17.4 Å². The Morgan fingerprint density at radius 1 is 1.40 bits per heavy atom. The first kappa shape index (κ1) is 15.4. The number of sulfonamides is 1. The van der Waals surface area contributed by atoms with E-state index in [4.69, 9.17) is 5.11 Å². The summed E-state index contributed by atoms with van der Waals surface area (Å²) in [5, 5.41) is 17.7. The summed E-state index contributed by atoms with van der Waals surface area (Å²) in [7, 11) is -3.77. The summed E-state index contributed by atoms with van der Waals surface area (Å²) in [5.41, 5.74) is 0.514. The highest BCUT2D eigenvalue weighted by Crippen LogP contribution is 2.26. The second kappa shape index (κ2) is 6.17. The van der Waals surface area contributed by atoms with E-state index in [1.54, 1.807) is 12.1 Å². The number of nitrogens with zero attached hydrogens (tertiary/aromatic N) is 2. The molecule has 0 saturated heterocycles. The van der Waals surface area contributed by atoms with Crippen molar-refractivity contribution in [1.82, 2.24) is 10.2 Å². The molecule has 0 unspecified atom stereocenters. The van der Waals surface area contributed by atoms with E-state index < -0.39 is 10.0 Å². The van der Waals surface area contributed by atoms with Gasteiger partial charge >= 0.3 is 0 Å². The van der Waals surface area contributed by atoms with Crippen LogP contribution in [0.2, 0.25) is 0 Å². The Morgan fingerprint density at radius 3 is 2.75 bits per heavy atom. The Kier molecular flexibility index (Phi) is 4.74. The highest BCUT2D eigenvalue weighted by molar-refractivity contribution is 9.10. The first-order chi connectivity index (χ1) is 9.46. The molecular formula is C11H12BrN3O3S2. The molecule has 1 aromatic carbocycles. The third kappa shape index (κ3) is 3.35. The zero-order chi connectivity index (χ0) is 14.8. The molecule has 0 saturated carbocycles. The molecule has 6 nitrogen and oxygen atoms in total. The largest absolute Gasteiger partial charge is 0.392 e. The lowest BCUT2D eigenvalue weighted by molar-refractivity contribution is 0.281. The Balaban J connectivity index is 2.34. The molecule has 0 bridgehead atoms. The first-order valence-electron chi connectivity index (χ1n) is 5.70. The molecule has 0 radical (unpaired) electrons. The van der Waals surface area contributed by atoms with Gasteiger partial charge in [-0.15, -0.1) is 10.2 Å². The standard InChI is InChI=1S/C11H12BrN3O3S2/c1-2-10-13-14-11(19-10)15-20(17,18)9-5-7(6-16)3-4-8(9)12/h3-5,16H,2,6H2,1H3,(H,14,15). The van der Waals surface area contributed by atoms with Gasteiger partial charge in [-0.2, -0.15) is 0 Å². The maximum atomic E-state index is 12.3. The monoisotopic (exact) mass is 377 g/mol. The predicted molar refractivity (Wildman–Crippen MR) is 80.2 cm³/mol. The normalized spacial score (nSPS) is 11.6. The van der Waals surface area contributed by atoms with E-state index in [9.17, 15) is 8.42 Å². The number of aliphatic hydroxyl groups is 1. The van der Waals surface area contributed by atoms with E-state index in [2.05, 4.69) is 30.8 Å². The second-order valence-electron chi connectivity index (χ2n) is 3.88. The van der Waals surface area contributed by atoms with Crippen molar-refractivity contribution in [2.24, 2.45) is 0 Å². The number of anilines is 1. The van der Waals surface area contributed by atoms with Crippen molar-refractivity contribution in [1.29, 1.82) is 0 Å². The minimum atomic E-state index is -3.77. The summed E-state index contributed by atoms with van der Waals surface area (Å²) in [5.74, 6) is 0. The van der Waals surface area contributed by atoms with Crippen molar-refractivity contribution in [3.8, 4) is 0 Å². The van der Waals surface area contributed by atoms with Gasteiger partial charge < -0.3 is 5.11 Å². The molecule has 0 aliphatic carbocycles. The number of aryl methyl sites for hydroxylation is 1. The van der Waals surface area contributed by atoms with Crippen LogP contribution in [0.5, 0.6) is 0 Å². The maximum absolute atomic E-state index is 12.3. The van der Waals surface area contributed by atoms with Crippen molar-refractivity contribution in [2.45, 2.75) is 24.8 Å². The Labute approximate surface area is 129 Å². The van der Waals surface area contributed by atoms with Gasteiger partial charge in [0.1, 0.15) is 9.90 Å². The fourth-order valence-corrected chi connectivity index (χ4v) is 4.38. The molecule has 20 heavy (non-hydrogen) atoms. The van der Waals surface area contributed by atoms with Gasteiger partial charge in [-0.1, -0.05) is 24.3 Å². The average molecular weight is 378 g/mol. The summed E-state index contributed by atoms with van der Waals surface area (Å²) in [4.78, 5) is 0.0531. The zero-order valence-corrected chi connectivity index (χ0v) is 13.7. The highest BCUT2D eigenvalue weighted by Gasteiger charge is 2.20. The van der Waals surface area contributed by atoms with Crippen LogP contribution in [-0.2, 0) is 23.1 Å². The molecule has 0 amide bonds. The zero-order valence-electron chi connectivity index (χ0n) is 10.5. The number of halogens is 1. The minimum Gasteiger partial charge on any atom is -0.392 e. The van der Waals surface area contributed by atoms with Crippen LogP contribution in [0.4, 0.5) is 5.13 Å². The number of benzene rings is 1. The fourth-order valence-electron chi connectivity index (χ4n) is 1.46. The average Bonchev–Trinajstić information content (AvgIpc) is 2.86. The van der Waals surface area contributed by atoms with Gasteiger partial charge in [0.2, 0.25) is 5.13 Å². The van der Waals surface area contributed by atoms with Gasteiger partial charge in [-0.3, -0.25) is 4.72 Å². The Morgan fingerprint density at radius 2 is 2.15 bits per heavy atom. The number of aromatic nitrogens is 2. The van der Waals surface area contributed by atoms with Crippen LogP contribution in [-0.4, -0.2) is 23.7 Å². The van der Waals surface area contributed by atoms with Crippen LogP contribution in [0.25, 0.3) is 0 Å². The van der Waals surface area contributed by atoms with Gasteiger partial charge in [0, 0.05) is 4.47 Å². The first-order valence-corrected chi connectivity index (χ1v) is 8.80. The number of nitrogens with one attached hydrogen (secondary N) is 1. The lowest BCUT2D eigenvalue weighted by Crippen LogP contribution is -2.13. The summed E-state index contributed by atoms with van der Waals surface area (Å²) in [6.07, 6.45) is 0.698. The number of hydrogen-bond acceptors (Lipinski definition) is 6. The SMILES string of the molecule is CCc1nnc(NS(=O)(=O)c2cc(CO)ccc2Br)s1. The van der Waals surface area contributed by atoms with Gasteiger partial charge in [0.15, 0.2) is 0 Å². The third-order valence-corrected chi connectivity index (χ3v) is 5.90. The molecule has 0 fully saturated rings. The lowest BCUT2D eigenvalue weighted by atomic mass is 10.2. The van der Waals surface area contributed by atoms with Crippen LogP contribution in [0.15, 0.2) is 27.6 Å². The van der Waals surface area contributed by atoms with E-state index >= 15 is 0 Å². The number of rotatable bonds is 5. The van der Waals surface area contributed by atoms with Gasteiger partial charge in [0.25, 0.3) is 10.0 Å². The third-order valence-electron chi connectivity index (χ3n) is 2.46. The topological polar surface area (TPSA) is 92.2 Å². The van der Waals surface area contributed by atoms with Crippen LogP contribution in [0, 0.1) is 0 Å². The molecule has 0 aliphatic rings. The minimum absolute atomic E-state index is 0.0531. The Bertz CT molecular complexity index is 715. The fraction of sp³-hybridized carbons (Fsp3) is 0.273. The van der Waals surface area contributed by atoms with Crippen molar-refractivity contribution < 1.29 is 13.5 Å². The van der Waals surface area contributed by atoms with E-state index in [1.807, 2.05) is 6.92 Å². The summed E-state index contributed by atoms with van der Waals surface area (Å²) in [6, 6.07) is 4.63. The molecule has 2 rings (SSSR count). The van der Waals surface area contributed by atoms with Gasteiger partial charge in [0.05, 0.1) is 6.61 Å². The number of hydrogen-bond donors (Lipinski definition) is 2. The lowest BCUT2D eigenvalue weighted by Gasteiger charge is -2.08. The molecule has 0 spiro atoms. The van der Waals surface area contributed by atoms with Crippen LogP contribution >= 0.6 is 27.3 Å². The van der Waals surface area contributed by atoms with Crippen molar-refractivity contribution in [3.63, 3.8) is 0 Å². The molecule has 0 atom stereocenters. The molecule has 9 heteroatoms. The molecule has 2 aromatic rings. The maximum Gasteiger partial charge on any atom is 0.264 e. The highest BCUT2D eigenvalue weighted by atomic mass is 79.9. The summed E-state index contributed by atoms with van der Waals surface area (Å²) < 4.78 is 27.4. The molecule has 108 valence electrons. The molecular weight excluding hydrogens is 366 g/mol. The smallest absolute Gasteiger partial charge is 0.264 e. The molecule has 1 heterocycles. The second-order valence-corrected chi connectivity index (χ2v) is 7.45. The molecule has 1 aromatic heterocycles. The van der Waals surface area contributed by atoms with E-state index in [0.717, 1.165) is 5.01 Å². The van der Waals surface area contributed by atoms with E-state index in [0.29, 0.717) is 16.5 Å². The van der Waals surface area contributed by atoms with Crippen molar-refractivity contribution in [2.75, 3.05) is 4.72 Å². The van der Waals surface area contributed by atoms with Crippen molar-refractivity contribution >= 4 is 42.4 Å². The molecule has 2 N–H and O–H groups in total. The van der Waals surface area contributed by atoms with E-state index in [-0.39, 0.29) is 16.6 Å². The predicted octanol–water partition coefficient (Wildman–Crippen LogP) is 2.16. The van der Waals surface area contributed by atoms with Gasteiger partial charge in [-0.25, -0.2) is 8.42 Å². The summed E-state index contributed by atoms with van der Waals surface area (Å²) >= 11 is 4.39. The van der Waals surface area contributed by atoms with Crippen molar-refractivity contribution in [3.05, 3.63) is 33.2 Å². The van der Waals surface area contributed by atoms with Crippen LogP contribution in [0.3, 0.4) is 0 Å². The molecule has 0 aliphatic heterocycles. The number of aliphatic hydroxyl groups excluding tert-OH is 1. The van der Waals surface area contributed by atoms with Gasteiger partial charge in [-0.05, 0) is 40.0 Å². The Hall–Kier alpha value is -1.03. The van der Waals surface area contributed by atoms with Crippen LogP contribution < -0.4 is 4.72 Å². The summed E-state index contributed by atoms with van der Waals surface area (Å²) in [6.45, 7) is 1.69. The van der Waals surface area contributed by atoms with Crippen LogP contribution in [0.1, 0.15) is 17.5 Å².